The Bertz CT molecular complexity index is 1210. The summed E-state index contributed by atoms with van der Waals surface area (Å²) in [6, 6.07) is 15.9. The largest absolute Gasteiger partial charge is 0.352 e. The van der Waals surface area contributed by atoms with Crippen LogP contribution in [-0.2, 0) is 21.4 Å². The summed E-state index contributed by atoms with van der Waals surface area (Å²) < 4.78 is 27.2. The van der Waals surface area contributed by atoms with Crippen LogP contribution in [0.25, 0.3) is 10.8 Å². The molecule has 0 saturated heterocycles. The average molecular weight is 449 g/mol. The van der Waals surface area contributed by atoms with Gasteiger partial charge in [-0.25, -0.2) is 8.42 Å². The van der Waals surface area contributed by atoms with Crippen LogP contribution in [0, 0.1) is 0 Å². The number of hydrogen-bond acceptors (Lipinski definition) is 3. The molecule has 1 heterocycles. The minimum atomic E-state index is -3.59. The molecule has 1 aliphatic heterocycles. The predicted molar refractivity (Wildman–Crippen MR) is 116 cm³/mol. The topological polar surface area (TPSA) is 66.5 Å². The van der Waals surface area contributed by atoms with Gasteiger partial charge in [-0.2, -0.15) is 0 Å². The third-order valence-corrected chi connectivity index (χ3v) is 7.38. The molecule has 0 spiro atoms. The van der Waals surface area contributed by atoms with Crippen molar-refractivity contribution in [2.75, 3.05) is 10.8 Å². The van der Waals surface area contributed by atoms with Crippen LogP contribution in [0.4, 0.5) is 5.69 Å². The first-order valence-corrected chi connectivity index (χ1v) is 11.3. The fourth-order valence-corrected chi connectivity index (χ4v) is 5.75. The molecule has 29 heavy (non-hydrogen) atoms. The third kappa shape index (κ3) is 3.80. The van der Waals surface area contributed by atoms with Crippen molar-refractivity contribution < 1.29 is 13.2 Å². The van der Waals surface area contributed by atoms with E-state index < -0.39 is 10.0 Å². The number of anilines is 1. The summed E-state index contributed by atoms with van der Waals surface area (Å²) >= 11 is 12.0. The van der Waals surface area contributed by atoms with Crippen LogP contribution in [0.5, 0.6) is 0 Å². The van der Waals surface area contributed by atoms with Crippen LogP contribution in [-0.4, -0.2) is 20.9 Å². The van der Waals surface area contributed by atoms with E-state index in [0.29, 0.717) is 33.6 Å². The molecule has 0 bridgehead atoms. The third-order valence-electron chi connectivity index (χ3n) is 4.94. The lowest BCUT2D eigenvalue weighted by Gasteiger charge is -2.18. The second-order valence-electron chi connectivity index (χ2n) is 6.82. The van der Waals surface area contributed by atoms with Gasteiger partial charge in [-0.1, -0.05) is 53.5 Å². The maximum atomic E-state index is 12.9. The molecule has 1 aliphatic rings. The van der Waals surface area contributed by atoms with Gasteiger partial charge in [0.25, 0.3) is 10.0 Å². The van der Waals surface area contributed by atoms with Crippen molar-refractivity contribution in [3.05, 3.63) is 70.2 Å². The molecule has 150 valence electrons. The second kappa shape index (κ2) is 7.86. The Hall–Kier alpha value is -2.28. The summed E-state index contributed by atoms with van der Waals surface area (Å²) in [5.41, 5.74) is 1.44. The number of hydrogen-bond donors (Lipinski definition) is 1. The fraction of sp³-hybridized carbons (Fsp3) is 0.190. The maximum Gasteiger partial charge on any atom is 0.265 e. The van der Waals surface area contributed by atoms with Gasteiger partial charge in [0.15, 0.2) is 0 Å². The normalized spacial score (nSPS) is 14.3. The average Bonchev–Trinajstić information content (AvgIpc) is 2.90. The zero-order valence-electron chi connectivity index (χ0n) is 15.4. The summed E-state index contributed by atoms with van der Waals surface area (Å²) in [5, 5.41) is 5.47. The molecule has 0 saturated carbocycles. The van der Waals surface area contributed by atoms with Crippen molar-refractivity contribution >= 4 is 55.6 Å². The molecule has 3 aromatic carbocycles. The summed E-state index contributed by atoms with van der Waals surface area (Å²) in [6.45, 7) is 0.535. The highest BCUT2D eigenvalue weighted by Crippen LogP contribution is 2.41. The van der Waals surface area contributed by atoms with E-state index in [2.05, 4.69) is 5.32 Å². The Morgan fingerprint density at radius 1 is 1.03 bits per heavy atom. The molecule has 4 rings (SSSR count). The van der Waals surface area contributed by atoms with Gasteiger partial charge in [-0.15, -0.1) is 0 Å². The van der Waals surface area contributed by atoms with Crippen molar-refractivity contribution in [1.29, 1.82) is 0 Å². The van der Waals surface area contributed by atoms with E-state index in [9.17, 15) is 13.2 Å². The van der Waals surface area contributed by atoms with Gasteiger partial charge in [0, 0.05) is 34.9 Å². The van der Waals surface area contributed by atoms with Crippen molar-refractivity contribution in [2.45, 2.75) is 24.3 Å². The molecule has 3 aromatic rings. The van der Waals surface area contributed by atoms with Gasteiger partial charge >= 0.3 is 0 Å². The van der Waals surface area contributed by atoms with Crippen LogP contribution >= 0.6 is 23.2 Å². The number of nitrogens with one attached hydrogen (secondary N) is 1. The molecule has 0 aromatic heterocycles. The Morgan fingerprint density at radius 2 is 1.79 bits per heavy atom. The first-order chi connectivity index (χ1) is 13.9. The molecule has 0 radical (unpaired) electrons. The highest BCUT2D eigenvalue weighted by molar-refractivity contribution is 7.93. The standard InChI is InChI=1S/C21H18Cl2N2O3S/c22-16-10-9-15(17(23)12-16)13-24-20(26)8-3-11-25-18-6-1-4-14-5-2-7-19(21(14)18)29(25,27)28/h1-2,4-7,9-10,12H,3,8,11,13H2,(H,24,26). The summed E-state index contributed by atoms with van der Waals surface area (Å²) in [6.07, 6.45) is 0.618. The molecule has 1 N–H and O–H groups in total. The van der Waals surface area contributed by atoms with E-state index in [0.717, 1.165) is 16.3 Å². The van der Waals surface area contributed by atoms with E-state index in [1.54, 1.807) is 36.4 Å². The number of nitrogens with zero attached hydrogens (tertiary/aromatic N) is 1. The number of sulfonamides is 1. The van der Waals surface area contributed by atoms with Crippen molar-refractivity contribution in [3.8, 4) is 0 Å². The van der Waals surface area contributed by atoms with Gasteiger partial charge in [0.2, 0.25) is 5.91 Å². The quantitative estimate of drug-likeness (QED) is 0.591. The van der Waals surface area contributed by atoms with E-state index >= 15 is 0 Å². The molecule has 0 unspecified atom stereocenters. The highest BCUT2D eigenvalue weighted by atomic mass is 35.5. The minimum Gasteiger partial charge on any atom is -0.352 e. The Balaban J connectivity index is 1.39. The van der Waals surface area contributed by atoms with E-state index in [1.807, 2.05) is 18.2 Å². The van der Waals surface area contributed by atoms with Crippen molar-refractivity contribution in [1.82, 2.24) is 5.32 Å². The molecule has 0 aliphatic carbocycles. The minimum absolute atomic E-state index is 0.164. The molecule has 1 amide bonds. The monoisotopic (exact) mass is 448 g/mol. The van der Waals surface area contributed by atoms with Crippen LogP contribution in [0.2, 0.25) is 10.0 Å². The van der Waals surface area contributed by atoms with Gasteiger partial charge in [0.05, 0.1) is 10.6 Å². The summed E-state index contributed by atoms with van der Waals surface area (Å²) in [4.78, 5) is 12.5. The van der Waals surface area contributed by atoms with Gasteiger partial charge in [-0.05, 0) is 41.6 Å². The Morgan fingerprint density at radius 3 is 2.55 bits per heavy atom. The van der Waals surface area contributed by atoms with Gasteiger partial charge in [-0.3, -0.25) is 9.10 Å². The highest BCUT2D eigenvalue weighted by Gasteiger charge is 2.34. The van der Waals surface area contributed by atoms with E-state index in [4.69, 9.17) is 23.2 Å². The van der Waals surface area contributed by atoms with Crippen molar-refractivity contribution in [2.24, 2.45) is 0 Å². The van der Waals surface area contributed by atoms with Crippen LogP contribution in [0.1, 0.15) is 18.4 Å². The van der Waals surface area contributed by atoms with Crippen LogP contribution in [0.3, 0.4) is 0 Å². The zero-order valence-corrected chi connectivity index (χ0v) is 17.7. The fourth-order valence-electron chi connectivity index (χ4n) is 3.53. The number of amides is 1. The Labute approximate surface area is 179 Å². The lowest BCUT2D eigenvalue weighted by atomic mass is 10.1. The Kier molecular flexibility index (Phi) is 5.42. The molecular formula is C21H18Cl2N2O3S. The van der Waals surface area contributed by atoms with Gasteiger partial charge in [0.1, 0.15) is 0 Å². The number of carbonyl (C=O) groups excluding carboxylic acids is 1. The molecular weight excluding hydrogens is 431 g/mol. The molecule has 0 fully saturated rings. The van der Waals surface area contributed by atoms with Crippen LogP contribution in [0.15, 0.2) is 59.5 Å². The predicted octanol–water partition coefficient (Wildman–Crippen LogP) is 4.75. The molecule has 8 heteroatoms. The molecule has 5 nitrogen and oxygen atoms in total. The molecule has 0 atom stereocenters. The summed E-state index contributed by atoms with van der Waals surface area (Å²) in [5.74, 6) is -0.164. The number of carbonyl (C=O) groups is 1. The van der Waals surface area contributed by atoms with Gasteiger partial charge < -0.3 is 5.32 Å². The lowest BCUT2D eigenvalue weighted by Crippen LogP contribution is -2.30. The van der Waals surface area contributed by atoms with Crippen molar-refractivity contribution in [3.63, 3.8) is 0 Å². The first kappa shape index (κ1) is 20.0. The number of halogens is 2. The SMILES string of the molecule is O=C(CCCN1c2cccc3cccc(c23)S1(=O)=O)NCc1ccc(Cl)cc1Cl. The van der Waals surface area contributed by atoms with Crippen LogP contribution < -0.4 is 9.62 Å². The summed E-state index contributed by atoms with van der Waals surface area (Å²) in [7, 11) is -3.59. The number of benzene rings is 3. The number of rotatable bonds is 6. The zero-order chi connectivity index (χ0) is 20.6. The van der Waals surface area contributed by atoms with E-state index in [1.165, 1.54) is 4.31 Å². The lowest BCUT2D eigenvalue weighted by molar-refractivity contribution is -0.121. The second-order valence-corrected chi connectivity index (χ2v) is 9.50. The smallest absolute Gasteiger partial charge is 0.265 e. The maximum absolute atomic E-state index is 12.9. The van der Waals surface area contributed by atoms with E-state index in [-0.39, 0.29) is 18.9 Å². The first-order valence-electron chi connectivity index (χ1n) is 9.13.